The van der Waals surface area contributed by atoms with E-state index in [-0.39, 0.29) is 11.7 Å². The lowest BCUT2D eigenvalue weighted by Crippen LogP contribution is -2.53. The smallest absolute Gasteiger partial charge is 0.245 e. The highest BCUT2D eigenvalue weighted by Gasteiger charge is 2.23. The second kappa shape index (κ2) is 19.5. The van der Waals surface area contributed by atoms with Crippen LogP contribution in [0.1, 0.15) is 104 Å². The molecule has 4 N–H and O–H groups in total. The fraction of sp³-hybridized carbons (Fsp3) is 0.870. The average Bonchev–Trinajstić information content (AvgIpc) is 2.73. The van der Waals surface area contributed by atoms with Crippen molar-refractivity contribution >= 4 is 17.6 Å². The first-order valence-corrected chi connectivity index (χ1v) is 11.8. The molecule has 7 nitrogen and oxygen atoms in total. The molecule has 0 heterocycles. The predicted octanol–water partition coefficient (Wildman–Crippen LogP) is 3.01. The Hall–Kier alpha value is -1.47. The Labute approximate surface area is 182 Å². The zero-order valence-electron chi connectivity index (χ0n) is 19.1. The largest absolute Gasteiger partial charge is 0.394 e. The van der Waals surface area contributed by atoms with Crippen molar-refractivity contribution in [3.63, 3.8) is 0 Å². The zero-order chi connectivity index (χ0) is 22.6. The summed E-state index contributed by atoms with van der Waals surface area (Å²) in [7, 11) is 0. The van der Waals surface area contributed by atoms with E-state index in [2.05, 4.69) is 17.6 Å². The van der Waals surface area contributed by atoms with Gasteiger partial charge in [0.25, 0.3) is 0 Å². The van der Waals surface area contributed by atoms with Gasteiger partial charge in [-0.1, -0.05) is 84.0 Å². The molecule has 176 valence electrons. The van der Waals surface area contributed by atoms with Gasteiger partial charge in [-0.15, -0.1) is 0 Å². The average molecular weight is 429 g/mol. The number of amides is 2. The van der Waals surface area contributed by atoms with Gasteiger partial charge < -0.3 is 20.8 Å². The van der Waals surface area contributed by atoms with Gasteiger partial charge in [0.05, 0.1) is 13.2 Å². The van der Waals surface area contributed by atoms with Gasteiger partial charge in [0.1, 0.15) is 12.1 Å². The Morgan fingerprint density at radius 2 is 1.10 bits per heavy atom. The lowest BCUT2D eigenvalue weighted by atomic mass is 10.0. The topological polar surface area (TPSA) is 116 Å². The van der Waals surface area contributed by atoms with Crippen LogP contribution in [0.4, 0.5) is 0 Å². The van der Waals surface area contributed by atoms with Crippen LogP contribution in [0.2, 0.25) is 0 Å². The number of hydrogen-bond acceptors (Lipinski definition) is 5. The Morgan fingerprint density at radius 3 is 1.50 bits per heavy atom. The van der Waals surface area contributed by atoms with Crippen molar-refractivity contribution in [2.45, 2.75) is 116 Å². The van der Waals surface area contributed by atoms with Crippen LogP contribution in [0.25, 0.3) is 0 Å². The van der Waals surface area contributed by atoms with Crippen LogP contribution in [0.3, 0.4) is 0 Å². The molecule has 0 saturated heterocycles. The maximum Gasteiger partial charge on any atom is 0.245 e. The van der Waals surface area contributed by atoms with E-state index in [1.54, 1.807) is 0 Å². The molecule has 0 unspecified atom stereocenters. The summed E-state index contributed by atoms with van der Waals surface area (Å²) in [6.45, 7) is 2.41. The lowest BCUT2D eigenvalue weighted by Gasteiger charge is -2.19. The van der Waals surface area contributed by atoms with E-state index >= 15 is 0 Å². The van der Waals surface area contributed by atoms with Gasteiger partial charge in [-0.3, -0.25) is 14.4 Å². The Bertz CT molecular complexity index is 471. The molecule has 2 amide bonds. The molecule has 0 spiro atoms. The van der Waals surface area contributed by atoms with Gasteiger partial charge in [0.15, 0.2) is 5.78 Å². The molecule has 0 aliphatic rings. The summed E-state index contributed by atoms with van der Waals surface area (Å²) in [6.07, 6.45) is 16.3. The van der Waals surface area contributed by atoms with Crippen molar-refractivity contribution in [2.75, 3.05) is 13.2 Å². The van der Waals surface area contributed by atoms with E-state index in [1.807, 2.05) is 0 Å². The van der Waals surface area contributed by atoms with Gasteiger partial charge in [-0.05, 0) is 13.3 Å². The molecule has 0 aromatic heterocycles. The summed E-state index contributed by atoms with van der Waals surface area (Å²) in [4.78, 5) is 35.3. The number of rotatable bonds is 20. The number of Topliss-reactive ketones (excluding diaryl/α,β-unsaturated/α-hetero) is 1. The fourth-order valence-electron chi connectivity index (χ4n) is 3.31. The van der Waals surface area contributed by atoms with Gasteiger partial charge in [-0.25, -0.2) is 0 Å². The van der Waals surface area contributed by atoms with Gasteiger partial charge >= 0.3 is 0 Å². The fourth-order valence-corrected chi connectivity index (χ4v) is 3.31. The highest BCUT2D eigenvalue weighted by atomic mass is 16.3. The molecule has 30 heavy (non-hydrogen) atoms. The van der Waals surface area contributed by atoms with Crippen LogP contribution in [0.15, 0.2) is 0 Å². The van der Waals surface area contributed by atoms with Crippen LogP contribution in [-0.2, 0) is 14.4 Å². The predicted molar refractivity (Wildman–Crippen MR) is 119 cm³/mol. The second-order valence-corrected chi connectivity index (χ2v) is 8.15. The second-order valence-electron chi connectivity index (χ2n) is 8.15. The first-order chi connectivity index (χ1) is 14.5. The monoisotopic (exact) mass is 428 g/mol. The number of ketones is 1. The van der Waals surface area contributed by atoms with Crippen molar-refractivity contribution in [2.24, 2.45) is 0 Å². The number of aliphatic hydroxyl groups excluding tert-OH is 2. The molecule has 0 aromatic rings. The molecule has 0 bridgehead atoms. The summed E-state index contributed by atoms with van der Waals surface area (Å²) < 4.78 is 0. The molecule has 0 aliphatic heterocycles. The minimum Gasteiger partial charge on any atom is -0.394 e. The number of nitrogens with one attached hydrogen (secondary N) is 2. The number of aliphatic hydroxyl groups is 2. The Morgan fingerprint density at radius 1 is 0.667 bits per heavy atom. The van der Waals surface area contributed by atoms with Gasteiger partial charge in [0.2, 0.25) is 11.8 Å². The maximum absolute atomic E-state index is 12.0. The van der Waals surface area contributed by atoms with Gasteiger partial charge in [-0.2, -0.15) is 0 Å². The SMILES string of the molecule is CCCCCCCCCCCCCCCC(=O)N[C@@H](CO)C(=O)N[C@@H](CO)C(C)=O. The van der Waals surface area contributed by atoms with Crippen molar-refractivity contribution in [1.29, 1.82) is 0 Å². The molecule has 0 rings (SSSR count). The minimum atomic E-state index is -1.12. The van der Waals surface area contributed by atoms with E-state index in [9.17, 15) is 19.5 Å². The minimum absolute atomic E-state index is 0.296. The van der Waals surface area contributed by atoms with Crippen molar-refractivity contribution in [3.05, 3.63) is 0 Å². The summed E-state index contributed by atoms with van der Waals surface area (Å²) >= 11 is 0. The third-order valence-corrected chi connectivity index (χ3v) is 5.33. The molecule has 7 heteroatoms. The first kappa shape index (κ1) is 28.5. The third-order valence-electron chi connectivity index (χ3n) is 5.33. The van der Waals surface area contributed by atoms with E-state index < -0.39 is 31.2 Å². The van der Waals surface area contributed by atoms with Gasteiger partial charge in [0, 0.05) is 6.42 Å². The lowest BCUT2D eigenvalue weighted by molar-refractivity contribution is -0.132. The highest BCUT2D eigenvalue weighted by Crippen LogP contribution is 2.12. The summed E-state index contributed by atoms with van der Waals surface area (Å²) in [5.41, 5.74) is 0. The Balaban J connectivity index is 3.73. The van der Waals surface area contributed by atoms with E-state index in [0.29, 0.717) is 6.42 Å². The normalized spacial score (nSPS) is 12.9. The molecule has 0 fully saturated rings. The van der Waals surface area contributed by atoms with Crippen LogP contribution in [-0.4, -0.2) is 53.1 Å². The van der Waals surface area contributed by atoms with E-state index in [4.69, 9.17) is 5.11 Å². The number of carbonyl (C=O) groups is 3. The van der Waals surface area contributed by atoms with Crippen molar-refractivity contribution in [3.8, 4) is 0 Å². The third kappa shape index (κ3) is 15.4. The van der Waals surface area contributed by atoms with E-state index in [0.717, 1.165) is 19.3 Å². The standard InChI is InChI=1S/C23H44N2O5/c1-3-4-5-6-7-8-9-10-11-12-13-14-15-16-22(29)24-21(18-27)23(30)25-20(17-26)19(2)28/h20-21,26-27H,3-18H2,1-2H3,(H,24,29)(H,25,30)/t20-,21-/m0/s1. The first-order valence-electron chi connectivity index (χ1n) is 11.8. The quantitative estimate of drug-likeness (QED) is 0.223. The summed E-state index contributed by atoms with van der Waals surface area (Å²) in [5, 5.41) is 23.2. The summed E-state index contributed by atoms with van der Waals surface area (Å²) in [6, 6.07) is -2.14. The van der Waals surface area contributed by atoms with Crippen LogP contribution in [0, 0.1) is 0 Å². The molecule has 0 radical (unpaired) electrons. The zero-order valence-corrected chi connectivity index (χ0v) is 19.1. The molecular weight excluding hydrogens is 384 g/mol. The maximum atomic E-state index is 12.0. The number of unbranched alkanes of at least 4 members (excludes halogenated alkanes) is 12. The molecule has 0 aliphatic carbocycles. The molecule has 0 aromatic carbocycles. The number of carbonyl (C=O) groups excluding carboxylic acids is 3. The number of hydrogen-bond donors (Lipinski definition) is 4. The molecular formula is C23H44N2O5. The molecule has 2 atom stereocenters. The van der Waals surface area contributed by atoms with Crippen LogP contribution < -0.4 is 10.6 Å². The van der Waals surface area contributed by atoms with Crippen molar-refractivity contribution < 1.29 is 24.6 Å². The Kier molecular flexibility index (Phi) is 18.5. The molecule has 0 saturated carbocycles. The van der Waals surface area contributed by atoms with Crippen molar-refractivity contribution in [1.82, 2.24) is 10.6 Å². The highest BCUT2D eigenvalue weighted by molar-refractivity contribution is 5.92. The van der Waals surface area contributed by atoms with Crippen LogP contribution in [0.5, 0.6) is 0 Å². The summed E-state index contributed by atoms with van der Waals surface area (Å²) in [5.74, 6) is -1.36. The van der Waals surface area contributed by atoms with Crippen LogP contribution >= 0.6 is 0 Å². The van der Waals surface area contributed by atoms with E-state index in [1.165, 1.54) is 71.1 Å².